The van der Waals surface area contributed by atoms with E-state index in [1.165, 1.54) is 44.9 Å². The van der Waals surface area contributed by atoms with Crippen LogP contribution in [0.2, 0.25) is 0 Å². The predicted octanol–water partition coefficient (Wildman–Crippen LogP) is 5.63. The summed E-state index contributed by atoms with van der Waals surface area (Å²) in [6, 6.07) is 0. The number of ether oxygens (including phenoxy) is 2. The molecule has 23 heavy (non-hydrogen) atoms. The predicted molar refractivity (Wildman–Crippen MR) is 90.7 cm³/mol. The molecule has 1 atom stereocenters. The lowest BCUT2D eigenvalue weighted by Crippen LogP contribution is -2.40. The molecule has 2 nitrogen and oxygen atoms in total. The van der Waals surface area contributed by atoms with Gasteiger partial charge in [-0.3, -0.25) is 0 Å². The van der Waals surface area contributed by atoms with E-state index in [0.717, 1.165) is 37.9 Å². The second kappa shape index (κ2) is 8.62. The van der Waals surface area contributed by atoms with Crippen LogP contribution in [0.25, 0.3) is 0 Å². The van der Waals surface area contributed by atoms with Crippen molar-refractivity contribution < 1.29 is 13.9 Å². The van der Waals surface area contributed by atoms with E-state index in [1.807, 2.05) is 0 Å². The van der Waals surface area contributed by atoms with Gasteiger partial charge < -0.3 is 9.47 Å². The summed E-state index contributed by atoms with van der Waals surface area (Å²) in [4.78, 5) is 0. The summed E-state index contributed by atoms with van der Waals surface area (Å²) in [5.74, 6) is 2.72. The fraction of sp³-hybridized carbons (Fsp3) is 0.900. The first-order chi connectivity index (χ1) is 11.3. The Morgan fingerprint density at radius 1 is 1.00 bits per heavy atom. The average molecular weight is 324 g/mol. The van der Waals surface area contributed by atoms with Crippen molar-refractivity contribution in [3.8, 4) is 0 Å². The summed E-state index contributed by atoms with van der Waals surface area (Å²) in [5, 5.41) is 0. The van der Waals surface area contributed by atoms with Crippen molar-refractivity contribution in [2.45, 2.75) is 77.4 Å². The molecule has 2 fully saturated rings. The van der Waals surface area contributed by atoms with Crippen LogP contribution in [0, 0.1) is 23.7 Å². The van der Waals surface area contributed by atoms with Crippen LogP contribution in [-0.2, 0) is 9.47 Å². The standard InChI is InChI=1S/C20H33FO2/c1-2-3-4-15-5-7-16(8-6-15)18-13-22-20(23-14-18)17-9-11-19(21)12-10-17/h11,15-18,20H,2-10,12-14H2,1H3/t15-,16-,17?,18-,20-. The Hall–Kier alpha value is -0.410. The SMILES string of the molecule is CCCC[C@H]1CC[C@H]([C@H]2CO[C@H](C3CC=C(F)CC3)OC2)CC1. The molecule has 132 valence electrons. The molecule has 3 heteroatoms. The molecule has 0 N–H and O–H groups in total. The van der Waals surface area contributed by atoms with Gasteiger partial charge in [-0.2, -0.15) is 0 Å². The molecule has 1 saturated heterocycles. The van der Waals surface area contributed by atoms with Gasteiger partial charge in [0.1, 0.15) is 0 Å². The third-order valence-electron chi connectivity index (χ3n) is 6.25. The zero-order valence-corrected chi connectivity index (χ0v) is 14.6. The quantitative estimate of drug-likeness (QED) is 0.653. The largest absolute Gasteiger partial charge is 0.352 e. The van der Waals surface area contributed by atoms with Crippen LogP contribution in [-0.4, -0.2) is 19.5 Å². The van der Waals surface area contributed by atoms with Crippen molar-refractivity contribution in [1.82, 2.24) is 0 Å². The van der Waals surface area contributed by atoms with Gasteiger partial charge in [-0.15, -0.1) is 0 Å². The molecule has 1 aliphatic heterocycles. The monoisotopic (exact) mass is 324 g/mol. The van der Waals surface area contributed by atoms with E-state index in [-0.39, 0.29) is 12.1 Å². The molecule has 0 aromatic heterocycles. The van der Waals surface area contributed by atoms with Gasteiger partial charge in [-0.1, -0.05) is 45.1 Å². The third kappa shape index (κ3) is 4.79. The first-order valence-electron chi connectivity index (χ1n) is 9.84. The first-order valence-corrected chi connectivity index (χ1v) is 9.84. The zero-order valence-electron chi connectivity index (χ0n) is 14.6. The van der Waals surface area contributed by atoms with Crippen LogP contribution in [0.5, 0.6) is 0 Å². The van der Waals surface area contributed by atoms with Gasteiger partial charge in [0.05, 0.1) is 19.0 Å². The minimum absolute atomic E-state index is 0.0368. The minimum Gasteiger partial charge on any atom is -0.352 e. The lowest BCUT2D eigenvalue weighted by atomic mass is 9.74. The van der Waals surface area contributed by atoms with E-state index >= 15 is 0 Å². The van der Waals surface area contributed by atoms with Gasteiger partial charge in [0.2, 0.25) is 0 Å². The first kappa shape index (κ1) is 17.4. The topological polar surface area (TPSA) is 18.5 Å². The number of hydrogen-bond donors (Lipinski definition) is 0. The molecule has 2 aliphatic carbocycles. The number of hydrogen-bond acceptors (Lipinski definition) is 2. The molecule has 1 unspecified atom stereocenters. The molecule has 3 rings (SSSR count). The number of rotatable bonds is 5. The zero-order chi connectivity index (χ0) is 16.1. The summed E-state index contributed by atoms with van der Waals surface area (Å²) in [7, 11) is 0. The number of halogens is 1. The van der Waals surface area contributed by atoms with Crippen molar-refractivity contribution in [2.75, 3.05) is 13.2 Å². The highest BCUT2D eigenvalue weighted by Gasteiger charge is 2.34. The Bertz CT molecular complexity index is 379. The molecule has 1 saturated carbocycles. The fourth-order valence-electron chi connectivity index (χ4n) is 4.59. The normalized spacial score (nSPS) is 39.0. The van der Waals surface area contributed by atoms with E-state index in [0.29, 0.717) is 18.3 Å². The van der Waals surface area contributed by atoms with Crippen LogP contribution in [0.15, 0.2) is 11.9 Å². The summed E-state index contributed by atoms with van der Waals surface area (Å²) in [5.41, 5.74) is 0. The van der Waals surface area contributed by atoms with Crippen molar-refractivity contribution in [2.24, 2.45) is 23.7 Å². The Kier molecular flexibility index (Phi) is 6.52. The second-order valence-electron chi connectivity index (χ2n) is 7.90. The Morgan fingerprint density at radius 2 is 1.74 bits per heavy atom. The van der Waals surface area contributed by atoms with E-state index in [1.54, 1.807) is 6.08 Å². The molecule has 1 heterocycles. The van der Waals surface area contributed by atoms with Gasteiger partial charge in [-0.05, 0) is 43.9 Å². The molecule has 0 aromatic carbocycles. The molecule has 0 bridgehead atoms. The second-order valence-corrected chi connectivity index (χ2v) is 7.90. The van der Waals surface area contributed by atoms with Crippen LogP contribution < -0.4 is 0 Å². The summed E-state index contributed by atoms with van der Waals surface area (Å²) in [6.45, 7) is 3.98. The van der Waals surface area contributed by atoms with Gasteiger partial charge >= 0.3 is 0 Å². The lowest BCUT2D eigenvalue weighted by molar-refractivity contribution is -0.233. The highest BCUT2D eigenvalue weighted by Crippen LogP contribution is 2.38. The maximum absolute atomic E-state index is 13.1. The van der Waals surface area contributed by atoms with Crippen molar-refractivity contribution in [3.63, 3.8) is 0 Å². The molecular formula is C20H33FO2. The summed E-state index contributed by atoms with van der Waals surface area (Å²) < 4.78 is 25.2. The molecule has 0 spiro atoms. The van der Waals surface area contributed by atoms with Gasteiger partial charge in [0, 0.05) is 11.8 Å². The van der Waals surface area contributed by atoms with Gasteiger partial charge in [0.15, 0.2) is 6.29 Å². The van der Waals surface area contributed by atoms with Gasteiger partial charge in [-0.25, -0.2) is 4.39 Å². The highest BCUT2D eigenvalue weighted by atomic mass is 19.1. The van der Waals surface area contributed by atoms with E-state index < -0.39 is 0 Å². The third-order valence-corrected chi connectivity index (χ3v) is 6.25. The van der Waals surface area contributed by atoms with Gasteiger partial charge in [0.25, 0.3) is 0 Å². The maximum Gasteiger partial charge on any atom is 0.160 e. The lowest BCUT2D eigenvalue weighted by Gasteiger charge is -2.40. The Balaban J connectivity index is 1.38. The molecular weight excluding hydrogens is 291 g/mol. The molecule has 0 aromatic rings. The van der Waals surface area contributed by atoms with E-state index in [9.17, 15) is 4.39 Å². The maximum atomic E-state index is 13.1. The smallest absolute Gasteiger partial charge is 0.160 e. The minimum atomic E-state index is -0.100. The van der Waals surface area contributed by atoms with E-state index in [2.05, 4.69) is 6.92 Å². The highest BCUT2D eigenvalue weighted by molar-refractivity contribution is 4.98. The van der Waals surface area contributed by atoms with Crippen LogP contribution in [0.4, 0.5) is 4.39 Å². The Labute approximate surface area is 140 Å². The average Bonchev–Trinajstić information content (AvgIpc) is 2.61. The van der Waals surface area contributed by atoms with Crippen molar-refractivity contribution in [3.05, 3.63) is 11.9 Å². The Morgan fingerprint density at radius 3 is 2.35 bits per heavy atom. The molecule has 0 amide bonds. The van der Waals surface area contributed by atoms with Crippen LogP contribution >= 0.6 is 0 Å². The van der Waals surface area contributed by atoms with Crippen LogP contribution in [0.3, 0.4) is 0 Å². The number of allylic oxidation sites excluding steroid dienone is 2. The van der Waals surface area contributed by atoms with Crippen LogP contribution in [0.1, 0.15) is 71.1 Å². The van der Waals surface area contributed by atoms with Crippen molar-refractivity contribution in [1.29, 1.82) is 0 Å². The summed E-state index contributed by atoms with van der Waals surface area (Å²) >= 11 is 0. The fourth-order valence-corrected chi connectivity index (χ4v) is 4.59. The van der Waals surface area contributed by atoms with E-state index in [4.69, 9.17) is 9.47 Å². The summed E-state index contributed by atoms with van der Waals surface area (Å²) in [6.07, 6.45) is 13.4. The van der Waals surface area contributed by atoms with Crippen molar-refractivity contribution >= 4 is 0 Å². The molecule has 3 aliphatic rings. The molecule has 0 radical (unpaired) electrons. The number of unbranched alkanes of at least 4 members (excludes halogenated alkanes) is 1.